The molecule has 3 atom stereocenters. The van der Waals surface area contributed by atoms with Gasteiger partial charge >= 0.3 is 6.18 Å². The third-order valence-electron chi connectivity index (χ3n) is 6.80. The van der Waals surface area contributed by atoms with Crippen molar-refractivity contribution in [3.63, 3.8) is 0 Å². The molecule has 1 unspecified atom stereocenters. The van der Waals surface area contributed by atoms with Crippen LogP contribution in [0.5, 0.6) is 0 Å². The van der Waals surface area contributed by atoms with E-state index < -0.39 is 46.0 Å². The van der Waals surface area contributed by atoms with Crippen LogP contribution in [0.2, 0.25) is 5.02 Å². The van der Waals surface area contributed by atoms with Gasteiger partial charge in [-0.2, -0.15) is 26.7 Å². The third kappa shape index (κ3) is 6.63. The number of nitrogens with zero attached hydrogens (tertiary/aromatic N) is 2. The van der Waals surface area contributed by atoms with E-state index in [4.69, 9.17) is 11.6 Å². The number of amides is 1. The number of alkyl halides is 3. The minimum absolute atomic E-state index is 0.0691. The van der Waals surface area contributed by atoms with Crippen molar-refractivity contribution in [3.8, 4) is 16.9 Å². The first-order valence-electron chi connectivity index (χ1n) is 12.2. The fourth-order valence-corrected chi connectivity index (χ4v) is 5.94. The summed E-state index contributed by atoms with van der Waals surface area (Å²) in [5.74, 6) is -0.501. The van der Waals surface area contributed by atoms with Crippen LogP contribution in [0.1, 0.15) is 59.0 Å². The van der Waals surface area contributed by atoms with Gasteiger partial charge in [-0.15, -0.1) is 0 Å². The monoisotopic (exact) mass is 585 g/mol. The molecule has 8 nitrogen and oxygen atoms in total. The standard InChI is InChI=1S/C26H27ClF3N3O5S/c1-15-23(25(35)31-19-7-3-5-9-21(19)34)32-33(20-8-4-2-6-18(20)27)24(15)17-12-10-16(11-13-17)22(39(36,37)38)14-26(28,29)30/h2,4,6,8,10-13,19,21-22,34H,3,5,7,9,14H2,1H3,(H,31,35)(H,36,37,38)/t19-,21+,22?/m0/s1. The van der Waals surface area contributed by atoms with Gasteiger partial charge in [-0.1, -0.05) is 60.8 Å². The van der Waals surface area contributed by atoms with Gasteiger partial charge in [0, 0.05) is 11.1 Å². The first-order chi connectivity index (χ1) is 18.3. The number of halogens is 4. The molecule has 39 heavy (non-hydrogen) atoms. The van der Waals surface area contributed by atoms with E-state index in [1.54, 1.807) is 31.2 Å². The summed E-state index contributed by atoms with van der Waals surface area (Å²) in [6, 6.07) is 11.5. The number of carbonyl (C=O) groups is 1. The van der Waals surface area contributed by atoms with E-state index >= 15 is 0 Å². The maximum atomic E-state index is 13.2. The molecule has 1 heterocycles. The molecule has 2 aromatic carbocycles. The van der Waals surface area contributed by atoms with Crippen molar-refractivity contribution in [1.29, 1.82) is 0 Å². The number of aliphatic hydroxyl groups excluding tert-OH is 1. The number of hydrogen-bond donors (Lipinski definition) is 3. The maximum Gasteiger partial charge on any atom is 0.390 e. The smallest absolute Gasteiger partial charge is 0.390 e. The number of carbonyl (C=O) groups excluding carboxylic acids is 1. The molecule has 1 fully saturated rings. The minimum Gasteiger partial charge on any atom is -0.391 e. The van der Waals surface area contributed by atoms with Gasteiger partial charge in [-0.3, -0.25) is 9.35 Å². The molecule has 1 aliphatic carbocycles. The number of benzene rings is 2. The molecule has 0 aliphatic heterocycles. The molecule has 210 valence electrons. The van der Waals surface area contributed by atoms with Crippen molar-refractivity contribution in [3.05, 3.63) is 70.4 Å². The summed E-state index contributed by atoms with van der Waals surface area (Å²) in [7, 11) is -5.05. The molecule has 1 saturated carbocycles. The summed E-state index contributed by atoms with van der Waals surface area (Å²) >= 11 is 6.42. The van der Waals surface area contributed by atoms with Crippen molar-refractivity contribution >= 4 is 27.6 Å². The average molecular weight is 586 g/mol. The fourth-order valence-electron chi connectivity index (χ4n) is 4.83. The van der Waals surface area contributed by atoms with E-state index in [2.05, 4.69) is 10.4 Å². The molecule has 1 aromatic heterocycles. The number of hydrogen-bond acceptors (Lipinski definition) is 5. The number of aromatic nitrogens is 2. The van der Waals surface area contributed by atoms with E-state index in [0.717, 1.165) is 12.8 Å². The van der Waals surface area contributed by atoms with Crippen LogP contribution >= 0.6 is 11.6 Å². The van der Waals surface area contributed by atoms with Gasteiger partial charge in [-0.25, -0.2) is 4.68 Å². The summed E-state index contributed by atoms with van der Waals surface area (Å²) < 4.78 is 73.4. The van der Waals surface area contributed by atoms with E-state index in [9.17, 15) is 36.0 Å². The van der Waals surface area contributed by atoms with Crippen molar-refractivity contribution in [2.24, 2.45) is 0 Å². The normalized spacial score (nSPS) is 19.1. The minimum atomic E-state index is -5.05. The quantitative estimate of drug-likeness (QED) is 0.319. The maximum absolute atomic E-state index is 13.2. The number of rotatable bonds is 7. The summed E-state index contributed by atoms with van der Waals surface area (Å²) in [6.45, 7) is 1.65. The highest BCUT2D eigenvalue weighted by Gasteiger charge is 2.39. The summed E-state index contributed by atoms with van der Waals surface area (Å²) in [6.07, 6.45) is -4.31. The lowest BCUT2D eigenvalue weighted by atomic mass is 9.92. The topological polar surface area (TPSA) is 122 Å². The molecule has 0 bridgehead atoms. The summed E-state index contributed by atoms with van der Waals surface area (Å²) in [4.78, 5) is 13.2. The van der Waals surface area contributed by atoms with E-state index in [0.29, 0.717) is 40.4 Å². The molecule has 1 amide bonds. The molecule has 3 aromatic rings. The van der Waals surface area contributed by atoms with Gasteiger partial charge in [0.1, 0.15) is 5.25 Å². The Morgan fingerprint density at radius 2 is 1.79 bits per heavy atom. The SMILES string of the molecule is Cc1c(C(=O)N[C@H]2CCCC[C@H]2O)nn(-c2ccccc2Cl)c1-c1ccc(C(CC(F)(F)F)S(=O)(=O)O)cc1. The summed E-state index contributed by atoms with van der Waals surface area (Å²) in [5, 5.41) is 15.8. The van der Waals surface area contributed by atoms with E-state index in [-0.39, 0.29) is 11.3 Å². The molecule has 4 rings (SSSR count). The van der Waals surface area contributed by atoms with Gasteiger partial charge in [0.2, 0.25) is 0 Å². The highest BCUT2D eigenvalue weighted by molar-refractivity contribution is 7.86. The van der Waals surface area contributed by atoms with Crippen LogP contribution in [-0.4, -0.2) is 52.1 Å². The molecule has 0 saturated heterocycles. The first kappa shape index (κ1) is 29.1. The highest BCUT2D eigenvalue weighted by atomic mass is 35.5. The van der Waals surface area contributed by atoms with Crippen LogP contribution in [-0.2, 0) is 10.1 Å². The molecule has 13 heteroatoms. The van der Waals surface area contributed by atoms with Crippen LogP contribution in [0.25, 0.3) is 16.9 Å². The number of nitrogens with one attached hydrogen (secondary N) is 1. The third-order valence-corrected chi connectivity index (χ3v) is 8.27. The zero-order valence-corrected chi connectivity index (χ0v) is 22.4. The van der Waals surface area contributed by atoms with Crippen molar-refractivity contribution < 1.29 is 36.0 Å². The number of aliphatic hydroxyl groups is 1. The fraction of sp³-hybridized carbons (Fsp3) is 0.385. The molecule has 0 radical (unpaired) electrons. The predicted molar refractivity (Wildman–Crippen MR) is 139 cm³/mol. The van der Waals surface area contributed by atoms with Gasteiger partial charge in [0.25, 0.3) is 16.0 Å². The lowest BCUT2D eigenvalue weighted by Crippen LogP contribution is -2.45. The Hall–Kier alpha value is -2.93. The Morgan fingerprint density at radius 3 is 2.38 bits per heavy atom. The van der Waals surface area contributed by atoms with Crippen LogP contribution in [0.4, 0.5) is 13.2 Å². The second-order valence-corrected chi connectivity index (χ2v) is 11.6. The van der Waals surface area contributed by atoms with Crippen LogP contribution in [0, 0.1) is 6.92 Å². The lowest BCUT2D eigenvalue weighted by Gasteiger charge is -2.28. The van der Waals surface area contributed by atoms with Gasteiger partial charge in [0.15, 0.2) is 5.69 Å². The summed E-state index contributed by atoms with van der Waals surface area (Å²) in [5.41, 5.74) is 1.52. The highest BCUT2D eigenvalue weighted by Crippen LogP contribution is 2.37. The largest absolute Gasteiger partial charge is 0.391 e. The van der Waals surface area contributed by atoms with Gasteiger partial charge in [-0.05, 0) is 37.5 Å². The second kappa shape index (κ2) is 11.3. The molecule has 0 spiro atoms. The Morgan fingerprint density at radius 1 is 1.15 bits per heavy atom. The Kier molecular flexibility index (Phi) is 8.41. The zero-order chi connectivity index (χ0) is 28.5. The van der Waals surface area contributed by atoms with Crippen LogP contribution in [0.15, 0.2) is 48.5 Å². The van der Waals surface area contributed by atoms with Crippen molar-refractivity contribution in [2.45, 2.75) is 62.6 Å². The molecule has 1 aliphatic rings. The predicted octanol–water partition coefficient (Wildman–Crippen LogP) is 5.42. The molecular weight excluding hydrogens is 559 g/mol. The zero-order valence-electron chi connectivity index (χ0n) is 20.8. The van der Waals surface area contributed by atoms with Crippen molar-refractivity contribution in [1.82, 2.24) is 15.1 Å². The Balaban J connectivity index is 1.77. The van der Waals surface area contributed by atoms with Gasteiger partial charge in [0.05, 0.1) is 35.0 Å². The van der Waals surface area contributed by atoms with E-state index in [1.165, 1.54) is 28.9 Å². The molecule has 3 N–H and O–H groups in total. The Labute approximate surface area is 228 Å². The van der Waals surface area contributed by atoms with Crippen LogP contribution < -0.4 is 5.32 Å². The van der Waals surface area contributed by atoms with E-state index in [1.807, 2.05) is 0 Å². The average Bonchev–Trinajstić information content (AvgIpc) is 3.20. The first-order valence-corrected chi connectivity index (χ1v) is 14.1. The van der Waals surface area contributed by atoms with Crippen LogP contribution in [0.3, 0.4) is 0 Å². The van der Waals surface area contributed by atoms with Crippen molar-refractivity contribution in [2.75, 3.05) is 0 Å². The van der Waals surface area contributed by atoms with Gasteiger partial charge < -0.3 is 10.4 Å². The Bertz CT molecular complexity index is 1460. The number of para-hydroxylation sites is 1. The molecular formula is C26H27ClF3N3O5S. The lowest BCUT2D eigenvalue weighted by molar-refractivity contribution is -0.135. The second-order valence-electron chi connectivity index (χ2n) is 9.56.